The lowest BCUT2D eigenvalue weighted by Crippen LogP contribution is -2.26. The summed E-state index contributed by atoms with van der Waals surface area (Å²) in [5.74, 6) is 0.727. The molecule has 0 radical (unpaired) electrons. The Morgan fingerprint density at radius 2 is 2.11 bits per heavy atom. The molecule has 2 atom stereocenters. The molecule has 1 aliphatic rings. The van der Waals surface area contributed by atoms with Gasteiger partial charge in [-0.1, -0.05) is 55.2 Å². The highest BCUT2D eigenvalue weighted by atomic mass is 35.5. The van der Waals surface area contributed by atoms with Gasteiger partial charge >= 0.3 is 0 Å². The highest BCUT2D eigenvalue weighted by Crippen LogP contribution is 2.33. The Kier molecular flexibility index (Phi) is 3.94. The van der Waals surface area contributed by atoms with Crippen molar-refractivity contribution >= 4 is 38.3 Å². The Hall–Kier alpha value is -0.800. The first kappa shape index (κ1) is 13.2. The predicted molar refractivity (Wildman–Crippen MR) is 84.3 cm³/mol. The fourth-order valence-electron chi connectivity index (χ4n) is 2.84. The van der Waals surface area contributed by atoms with Gasteiger partial charge in [-0.25, -0.2) is 4.98 Å². The Labute approximate surface area is 123 Å². The first-order valence-corrected chi connectivity index (χ1v) is 8.25. The van der Waals surface area contributed by atoms with Crippen LogP contribution in [-0.2, 0) is 0 Å². The molecule has 2 nitrogen and oxygen atoms in total. The molecule has 19 heavy (non-hydrogen) atoms. The van der Waals surface area contributed by atoms with Crippen LogP contribution in [0.25, 0.3) is 10.2 Å². The van der Waals surface area contributed by atoms with Crippen molar-refractivity contribution in [2.24, 2.45) is 5.92 Å². The normalized spacial score (nSPS) is 24.3. The van der Waals surface area contributed by atoms with E-state index < -0.39 is 0 Å². The van der Waals surface area contributed by atoms with Crippen LogP contribution in [0, 0.1) is 5.92 Å². The zero-order valence-corrected chi connectivity index (χ0v) is 12.7. The molecular formula is C15H19ClN2S. The lowest BCUT2D eigenvalue weighted by Gasteiger charge is -2.22. The molecule has 0 amide bonds. The highest BCUT2D eigenvalue weighted by molar-refractivity contribution is 7.22. The van der Waals surface area contributed by atoms with Crippen LogP contribution in [0.4, 0.5) is 5.13 Å². The summed E-state index contributed by atoms with van der Waals surface area (Å²) in [7, 11) is 0. The van der Waals surface area contributed by atoms with Crippen LogP contribution >= 0.6 is 22.9 Å². The zero-order valence-electron chi connectivity index (χ0n) is 11.2. The molecule has 1 aliphatic carbocycles. The van der Waals surface area contributed by atoms with Crippen molar-refractivity contribution in [3.8, 4) is 0 Å². The Bertz CT molecular complexity index is 566. The molecule has 4 heteroatoms. The van der Waals surface area contributed by atoms with Crippen LogP contribution < -0.4 is 5.32 Å². The molecule has 1 heterocycles. The van der Waals surface area contributed by atoms with E-state index in [2.05, 4.69) is 17.2 Å². The van der Waals surface area contributed by atoms with Crippen LogP contribution in [0.3, 0.4) is 0 Å². The van der Waals surface area contributed by atoms with Crippen molar-refractivity contribution in [2.75, 3.05) is 5.32 Å². The number of anilines is 1. The number of hydrogen-bond acceptors (Lipinski definition) is 3. The summed E-state index contributed by atoms with van der Waals surface area (Å²) in [5, 5.41) is 5.45. The van der Waals surface area contributed by atoms with E-state index in [1.165, 1.54) is 32.1 Å². The minimum atomic E-state index is 0.557. The van der Waals surface area contributed by atoms with Crippen molar-refractivity contribution in [3.63, 3.8) is 0 Å². The quantitative estimate of drug-likeness (QED) is 0.757. The molecule has 0 bridgehead atoms. The molecule has 1 saturated carbocycles. The molecule has 3 rings (SSSR count). The molecule has 2 unspecified atom stereocenters. The van der Waals surface area contributed by atoms with E-state index in [9.17, 15) is 0 Å². The van der Waals surface area contributed by atoms with E-state index in [-0.39, 0.29) is 0 Å². The fourth-order valence-corrected chi connectivity index (χ4v) is 4.06. The van der Waals surface area contributed by atoms with Gasteiger partial charge in [0.05, 0.1) is 15.2 Å². The van der Waals surface area contributed by atoms with E-state index in [1.54, 1.807) is 11.3 Å². The lowest BCUT2D eigenvalue weighted by atomic mass is 9.97. The molecule has 0 spiro atoms. The van der Waals surface area contributed by atoms with Crippen molar-refractivity contribution in [1.29, 1.82) is 0 Å². The summed E-state index contributed by atoms with van der Waals surface area (Å²) in [4.78, 5) is 4.66. The van der Waals surface area contributed by atoms with Crippen molar-refractivity contribution in [2.45, 2.75) is 45.1 Å². The first-order valence-electron chi connectivity index (χ1n) is 7.05. The largest absolute Gasteiger partial charge is 0.358 e. The third-order valence-electron chi connectivity index (χ3n) is 4.04. The Morgan fingerprint density at radius 3 is 2.95 bits per heavy atom. The summed E-state index contributed by atoms with van der Waals surface area (Å²) in [6, 6.07) is 6.48. The number of halogens is 1. The Morgan fingerprint density at radius 1 is 1.26 bits per heavy atom. The number of fused-ring (bicyclic) bond motifs is 1. The summed E-state index contributed by atoms with van der Waals surface area (Å²) in [6.45, 7) is 2.35. The maximum Gasteiger partial charge on any atom is 0.184 e. The Balaban J connectivity index is 1.82. The smallest absolute Gasteiger partial charge is 0.184 e. The maximum absolute atomic E-state index is 6.21. The first-order chi connectivity index (χ1) is 9.24. The second kappa shape index (κ2) is 5.68. The third-order valence-corrected chi connectivity index (χ3v) is 5.50. The molecular weight excluding hydrogens is 276 g/mol. The van der Waals surface area contributed by atoms with Crippen LogP contribution in [0.5, 0.6) is 0 Å². The number of nitrogens with zero attached hydrogens (tertiary/aromatic N) is 1. The maximum atomic E-state index is 6.21. The molecule has 0 saturated heterocycles. The number of hydrogen-bond donors (Lipinski definition) is 1. The van der Waals surface area contributed by atoms with Crippen LogP contribution in [0.2, 0.25) is 5.02 Å². The van der Waals surface area contributed by atoms with E-state index in [1.807, 2.05) is 18.2 Å². The van der Waals surface area contributed by atoms with Gasteiger partial charge in [0.25, 0.3) is 0 Å². The van der Waals surface area contributed by atoms with Crippen molar-refractivity contribution in [3.05, 3.63) is 23.2 Å². The SMILES string of the molecule is CC1CCCCCC1Nc1nc2cccc(Cl)c2s1. The molecule has 1 fully saturated rings. The van der Waals surface area contributed by atoms with E-state index in [4.69, 9.17) is 11.6 Å². The summed E-state index contributed by atoms with van der Waals surface area (Å²) in [5.41, 5.74) is 1.00. The van der Waals surface area contributed by atoms with Gasteiger partial charge in [0.2, 0.25) is 0 Å². The second-order valence-corrected chi connectivity index (χ2v) is 6.88. The number of aromatic nitrogens is 1. The van der Waals surface area contributed by atoms with Gasteiger partial charge in [-0.3, -0.25) is 0 Å². The standard InChI is InChI=1S/C15H19ClN2S/c1-10-6-3-2-4-8-12(10)17-15-18-13-9-5-7-11(16)14(13)19-15/h5,7,9-10,12H,2-4,6,8H2,1H3,(H,17,18). The average molecular weight is 295 g/mol. The highest BCUT2D eigenvalue weighted by Gasteiger charge is 2.20. The number of rotatable bonds is 2. The molecule has 1 aromatic carbocycles. The van der Waals surface area contributed by atoms with E-state index >= 15 is 0 Å². The van der Waals surface area contributed by atoms with Gasteiger partial charge in [0.15, 0.2) is 5.13 Å². The monoisotopic (exact) mass is 294 g/mol. The van der Waals surface area contributed by atoms with Crippen LogP contribution in [0.15, 0.2) is 18.2 Å². The van der Waals surface area contributed by atoms with Gasteiger partial charge in [0.1, 0.15) is 0 Å². The van der Waals surface area contributed by atoms with Crippen molar-refractivity contribution in [1.82, 2.24) is 4.98 Å². The minimum Gasteiger partial charge on any atom is -0.358 e. The molecule has 102 valence electrons. The number of thiazole rings is 1. The summed E-state index contributed by atoms with van der Waals surface area (Å²) >= 11 is 7.88. The second-order valence-electron chi connectivity index (χ2n) is 5.47. The topological polar surface area (TPSA) is 24.9 Å². The van der Waals surface area contributed by atoms with Gasteiger partial charge < -0.3 is 5.32 Å². The van der Waals surface area contributed by atoms with Crippen molar-refractivity contribution < 1.29 is 0 Å². The fraction of sp³-hybridized carbons (Fsp3) is 0.533. The summed E-state index contributed by atoms with van der Waals surface area (Å²) < 4.78 is 1.09. The van der Waals surface area contributed by atoms with E-state index in [0.717, 1.165) is 26.3 Å². The average Bonchev–Trinajstić information content (AvgIpc) is 2.70. The van der Waals surface area contributed by atoms with Crippen LogP contribution in [0.1, 0.15) is 39.0 Å². The minimum absolute atomic E-state index is 0.557. The predicted octanol–water partition coefficient (Wildman–Crippen LogP) is 5.33. The lowest BCUT2D eigenvalue weighted by molar-refractivity contribution is 0.456. The van der Waals surface area contributed by atoms with E-state index in [0.29, 0.717) is 6.04 Å². The molecule has 0 aliphatic heterocycles. The van der Waals surface area contributed by atoms with Gasteiger partial charge in [-0.05, 0) is 30.9 Å². The van der Waals surface area contributed by atoms with Crippen LogP contribution in [-0.4, -0.2) is 11.0 Å². The van der Waals surface area contributed by atoms with Gasteiger partial charge in [0, 0.05) is 6.04 Å². The molecule has 1 N–H and O–H groups in total. The van der Waals surface area contributed by atoms with Gasteiger partial charge in [-0.15, -0.1) is 0 Å². The number of nitrogens with one attached hydrogen (secondary N) is 1. The summed E-state index contributed by atoms with van der Waals surface area (Å²) in [6.07, 6.45) is 6.64. The third kappa shape index (κ3) is 2.87. The number of benzene rings is 1. The molecule has 1 aromatic heterocycles. The molecule has 2 aromatic rings. The van der Waals surface area contributed by atoms with Gasteiger partial charge in [-0.2, -0.15) is 0 Å². The zero-order chi connectivity index (χ0) is 13.2.